The van der Waals surface area contributed by atoms with Crippen LogP contribution < -0.4 is 0 Å². The second-order valence-corrected chi connectivity index (χ2v) is 5.10. The van der Waals surface area contributed by atoms with Crippen molar-refractivity contribution in [1.82, 2.24) is 4.90 Å². The fourth-order valence-electron chi connectivity index (χ4n) is 2.82. The Morgan fingerprint density at radius 2 is 1.90 bits per heavy atom. The molecule has 6 heteroatoms. The molecular weight excluding hydrogens is 262 g/mol. The van der Waals surface area contributed by atoms with E-state index in [-0.39, 0.29) is 5.97 Å². The van der Waals surface area contributed by atoms with E-state index in [9.17, 15) is 20.1 Å². The first-order chi connectivity index (χ1) is 9.54. The molecule has 0 aromatic heterocycles. The molecule has 3 N–H and O–H groups in total. The maximum atomic E-state index is 11.4. The molecule has 2 fully saturated rings. The molecule has 118 valence electrons. The van der Waals surface area contributed by atoms with E-state index < -0.39 is 30.5 Å². The van der Waals surface area contributed by atoms with Gasteiger partial charge < -0.3 is 20.1 Å². The molecule has 0 radical (unpaired) electrons. The number of hydrogen-bond acceptors (Lipinski definition) is 6. The fraction of sp³-hybridized carbons (Fsp3) is 0.929. The van der Waals surface area contributed by atoms with Gasteiger partial charge in [-0.05, 0) is 12.8 Å². The van der Waals surface area contributed by atoms with Crippen LogP contribution in [0.1, 0.15) is 40.0 Å². The molecule has 0 saturated carbocycles. The van der Waals surface area contributed by atoms with Gasteiger partial charge in [0.25, 0.3) is 0 Å². The van der Waals surface area contributed by atoms with Gasteiger partial charge in [-0.15, -0.1) is 0 Å². The van der Waals surface area contributed by atoms with Gasteiger partial charge in [-0.1, -0.05) is 20.8 Å². The third-order valence-corrected chi connectivity index (χ3v) is 3.76. The van der Waals surface area contributed by atoms with Gasteiger partial charge in [0.15, 0.2) is 0 Å². The lowest BCUT2D eigenvalue weighted by Crippen LogP contribution is -2.62. The Bertz CT molecular complexity index is 312. The minimum atomic E-state index is -1.13. The Morgan fingerprint density at radius 3 is 2.50 bits per heavy atom. The zero-order valence-electron chi connectivity index (χ0n) is 12.5. The second kappa shape index (κ2) is 7.93. The van der Waals surface area contributed by atoms with Crippen LogP contribution in [-0.2, 0) is 9.53 Å². The van der Waals surface area contributed by atoms with E-state index in [1.807, 2.05) is 25.7 Å². The number of nitrogens with zero attached hydrogens (tertiary/aromatic N) is 1. The fourth-order valence-corrected chi connectivity index (χ4v) is 2.82. The first kappa shape index (κ1) is 17.4. The van der Waals surface area contributed by atoms with Gasteiger partial charge in [0.2, 0.25) is 0 Å². The zero-order chi connectivity index (χ0) is 15.3. The molecule has 0 unspecified atom stereocenters. The average molecular weight is 289 g/mol. The van der Waals surface area contributed by atoms with Crippen molar-refractivity contribution < 1.29 is 24.9 Å². The normalized spacial score (nSPS) is 36.8. The van der Waals surface area contributed by atoms with E-state index in [1.165, 1.54) is 0 Å². The summed E-state index contributed by atoms with van der Waals surface area (Å²) in [7, 11) is 0. The summed E-state index contributed by atoms with van der Waals surface area (Å²) in [6.45, 7) is 6.90. The molecule has 0 bridgehead atoms. The molecule has 6 nitrogen and oxygen atoms in total. The molecular formula is C14H27NO5. The van der Waals surface area contributed by atoms with Gasteiger partial charge >= 0.3 is 5.97 Å². The molecule has 0 aliphatic carbocycles. The van der Waals surface area contributed by atoms with Crippen molar-refractivity contribution in [2.45, 2.75) is 70.5 Å². The van der Waals surface area contributed by atoms with Crippen LogP contribution in [0, 0.1) is 0 Å². The smallest absolute Gasteiger partial charge is 0.306 e. The third-order valence-electron chi connectivity index (χ3n) is 3.76. The van der Waals surface area contributed by atoms with Gasteiger partial charge in [-0.3, -0.25) is 9.69 Å². The number of aliphatic hydroxyl groups is 3. The lowest BCUT2D eigenvalue weighted by molar-refractivity contribution is -0.178. The van der Waals surface area contributed by atoms with Crippen molar-refractivity contribution in [2.75, 3.05) is 13.1 Å². The predicted molar refractivity (Wildman–Crippen MR) is 74.1 cm³/mol. The van der Waals surface area contributed by atoms with Gasteiger partial charge in [0.1, 0.15) is 18.3 Å². The van der Waals surface area contributed by atoms with Crippen LogP contribution >= 0.6 is 0 Å². The van der Waals surface area contributed by atoms with Crippen molar-refractivity contribution in [3.8, 4) is 0 Å². The van der Waals surface area contributed by atoms with E-state index in [0.717, 1.165) is 0 Å². The van der Waals surface area contributed by atoms with E-state index in [4.69, 9.17) is 4.74 Å². The lowest BCUT2D eigenvalue weighted by atomic mass is 9.93. The number of esters is 1. The van der Waals surface area contributed by atoms with Crippen LogP contribution in [-0.4, -0.2) is 69.7 Å². The first-order valence-electron chi connectivity index (χ1n) is 7.52. The van der Waals surface area contributed by atoms with E-state index in [2.05, 4.69) is 0 Å². The minimum absolute atomic E-state index is 0.311. The lowest BCUT2D eigenvalue weighted by Gasteiger charge is -2.42. The van der Waals surface area contributed by atoms with Crippen molar-refractivity contribution >= 4 is 5.97 Å². The highest BCUT2D eigenvalue weighted by atomic mass is 16.6. The predicted octanol–water partition coefficient (Wildman–Crippen LogP) is -0.105. The topological polar surface area (TPSA) is 90.2 Å². The minimum Gasteiger partial charge on any atom is -0.458 e. The largest absolute Gasteiger partial charge is 0.458 e. The molecule has 2 aliphatic heterocycles. The highest BCUT2D eigenvalue weighted by Gasteiger charge is 2.49. The number of hydrogen-bond donors (Lipinski definition) is 3. The third kappa shape index (κ3) is 3.69. The maximum absolute atomic E-state index is 11.4. The molecule has 0 aromatic rings. The van der Waals surface area contributed by atoms with Gasteiger partial charge in [0.05, 0.1) is 12.1 Å². The Balaban J connectivity index is 0.000000956. The summed E-state index contributed by atoms with van der Waals surface area (Å²) in [5.41, 5.74) is 0. The Hall–Kier alpha value is -0.690. The number of carbonyl (C=O) groups is 1. The van der Waals surface area contributed by atoms with Crippen LogP contribution in [0.5, 0.6) is 0 Å². The van der Waals surface area contributed by atoms with E-state index in [1.54, 1.807) is 0 Å². The van der Waals surface area contributed by atoms with Gasteiger partial charge in [-0.2, -0.15) is 0 Å². The highest BCUT2D eigenvalue weighted by molar-refractivity contribution is 5.69. The summed E-state index contributed by atoms with van der Waals surface area (Å²) < 4.78 is 5.19. The van der Waals surface area contributed by atoms with Crippen molar-refractivity contribution in [2.24, 2.45) is 0 Å². The van der Waals surface area contributed by atoms with Crippen LogP contribution in [0.2, 0.25) is 0 Å². The molecule has 2 aliphatic rings. The summed E-state index contributed by atoms with van der Waals surface area (Å²) in [5.74, 6) is -0.355. The monoisotopic (exact) mass is 289 g/mol. The van der Waals surface area contributed by atoms with Crippen LogP contribution in [0.15, 0.2) is 0 Å². The highest BCUT2D eigenvalue weighted by Crippen LogP contribution is 2.29. The molecule has 0 spiro atoms. The maximum Gasteiger partial charge on any atom is 0.306 e. The van der Waals surface area contributed by atoms with Gasteiger partial charge in [0, 0.05) is 19.5 Å². The number of aliphatic hydroxyl groups excluding tert-OH is 3. The number of carbonyl (C=O) groups excluding carboxylic acids is 1. The Kier molecular flexibility index (Phi) is 6.88. The molecule has 2 saturated heterocycles. The van der Waals surface area contributed by atoms with Gasteiger partial charge in [-0.25, -0.2) is 0 Å². The Morgan fingerprint density at radius 1 is 1.25 bits per heavy atom. The molecule has 2 rings (SSSR count). The van der Waals surface area contributed by atoms with E-state index in [0.29, 0.717) is 32.4 Å². The second-order valence-electron chi connectivity index (χ2n) is 5.10. The number of piperidine rings is 1. The molecule has 0 amide bonds. The quantitative estimate of drug-likeness (QED) is 0.628. The van der Waals surface area contributed by atoms with Crippen LogP contribution in [0.3, 0.4) is 0 Å². The number of fused-ring (bicyclic) bond motifs is 1. The SMILES string of the molecule is CC.CCCC(=O)O[C@H]1CN2CC[C@H](O)[C@@H]2[C@@H](O)[C@@H]1O. The van der Waals surface area contributed by atoms with Crippen molar-refractivity contribution in [3.63, 3.8) is 0 Å². The van der Waals surface area contributed by atoms with Crippen molar-refractivity contribution in [3.05, 3.63) is 0 Å². The summed E-state index contributed by atoms with van der Waals surface area (Å²) in [4.78, 5) is 13.3. The van der Waals surface area contributed by atoms with Crippen LogP contribution in [0.4, 0.5) is 0 Å². The average Bonchev–Trinajstić information content (AvgIpc) is 2.79. The molecule has 5 atom stereocenters. The van der Waals surface area contributed by atoms with Crippen molar-refractivity contribution in [1.29, 1.82) is 0 Å². The molecule has 0 aromatic carbocycles. The summed E-state index contributed by atoms with van der Waals surface area (Å²) in [5, 5.41) is 29.7. The standard InChI is InChI=1S/C12H21NO5.C2H6/c1-2-3-9(15)18-8-6-13-5-4-7(14)10(13)12(17)11(8)16;1-2/h7-8,10-12,14,16-17H,2-6H2,1H3;1-2H3/t7-,8-,10+,11+,12+;/m0./s1. The Labute approximate surface area is 120 Å². The van der Waals surface area contributed by atoms with Crippen LogP contribution in [0.25, 0.3) is 0 Å². The number of ether oxygens (including phenoxy) is 1. The summed E-state index contributed by atoms with van der Waals surface area (Å²) in [6.07, 6.45) is -1.96. The zero-order valence-corrected chi connectivity index (χ0v) is 12.5. The first-order valence-corrected chi connectivity index (χ1v) is 7.52. The summed E-state index contributed by atoms with van der Waals surface area (Å²) >= 11 is 0. The van der Waals surface area contributed by atoms with E-state index >= 15 is 0 Å². The summed E-state index contributed by atoms with van der Waals surface area (Å²) in [6, 6.07) is -0.443. The number of rotatable bonds is 3. The molecule has 20 heavy (non-hydrogen) atoms. The molecule has 2 heterocycles.